The molecular formula is C16H17BrFNS. The van der Waals surface area contributed by atoms with Crippen molar-refractivity contribution in [2.24, 2.45) is 5.73 Å². The Morgan fingerprint density at radius 1 is 1.25 bits per heavy atom. The highest BCUT2D eigenvalue weighted by molar-refractivity contribution is 9.10. The molecule has 2 N–H and O–H groups in total. The van der Waals surface area contributed by atoms with Crippen molar-refractivity contribution >= 4 is 27.7 Å². The Bertz CT molecular complexity index is 588. The lowest BCUT2D eigenvalue weighted by Gasteiger charge is -2.12. The molecule has 0 aromatic heterocycles. The van der Waals surface area contributed by atoms with Crippen molar-refractivity contribution in [3.05, 3.63) is 63.9 Å². The van der Waals surface area contributed by atoms with Gasteiger partial charge in [0, 0.05) is 21.2 Å². The molecule has 1 nitrogen and oxygen atoms in total. The first-order valence-electron chi connectivity index (χ1n) is 6.43. The normalized spacial score (nSPS) is 12.4. The van der Waals surface area contributed by atoms with Gasteiger partial charge in [-0.15, -0.1) is 11.8 Å². The molecule has 0 saturated heterocycles. The molecule has 0 saturated carbocycles. The Hall–Kier alpha value is -0.840. The number of hydrogen-bond acceptors (Lipinski definition) is 2. The average molecular weight is 354 g/mol. The van der Waals surface area contributed by atoms with Crippen LogP contribution in [0.3, 0.4) is 0 Å². The maximum absolute atomic E-state index is 13.7. The van der Waals surface area contributed by atoms with Crippen molar-refractivity contribution in [2.75, 3.05) is 5.75 Å². The number of rotatable bonds is 5. The number of aryl methyl sites for hydroxylation is 1. The molecule has 0 bridgehead atoms. The first kappa shape index (κ1) is 15.5. The number of thioether (sulfide) groups is 1. The summed E-state index contributed by atoms with van der Waals surface area (Å²) in [6.45, 7) is 2.07. The lowest BCUT2D eigenvalue weighted by atomic mass is 10.1. The van der Waals surface area contributed by atoms with E-state index in [0.717, 1.165) is 10.2 Å². The van der Waals surface area contributed by atoms with Crippen molar-refractivity contribution in [1.82, 2.24) is 0 Å². The number of benzene rings is 2. The maximum Gasteiger partial charge on any atom is 0.127 e. The average Bonchev–Trinajstić information content (AvgIpc) is 2.40. The van der Waals surface area contributed by atoms with E-state index in [1.54, 1.807) is 17.8 Å². The van der Waals surface area contributed by atoms with E-state index in [-0.39, 0.29) is 11.9 Å². The predicted octanol–water partition coefficient (Wildman–Crippen LogP) is 4.56. The molecule has 0 heterocycles. The molecule has 0 aliphatic rings. The van der Waals surface area contributed by atoms with E-state index in [0.29, 0.717) is 12.0 Å². The second-order valence-corrected chi connectivity index (χ2v) is 6.84. The third-order valence-electron chi connectivity index (χ3n) is 2.95. The van der Waals surface area contributed by atoms with E-state index in [1.807, 2.05) is 12.1 Å². The second kappa shape index (κ2) is 7.25. The van der Waals surface area contributed by atoms with Crippen molar-refractivity contribution in [3.63, 3.8) is 0 Å². The molecule has 106 valence electrons. The summed E-state index contributed by atoms with van der Waals surface area (Å²) in [7, 11) is 0. The second-order valence-electron chi connectivity index (χ2n) is 4.83. The van der Waals surface area contributed by atoms with Gasteiger partial charge in [0.05, 0.1) is 0 Å². The number of hydrogen-bond donors (Lipinski definition) is 1. The van der Waals surface area contributed by atoms with E-state index in [1.165, 1.54) is 16.5 Å². The minimum Gasteiger partial charge on any atom is -0.327 e. The summed E-state index contributed by atoms with van der Waals surface area (Å²) in [5.74, 6) is 0.578. The van der Waals surface area contributed by atoms with Gasteiger partial charge in [-0.25, -0.2) is 4.39 Å². The van der Waals surface area contributed by atoms with Gasteiger partial charge < -0.3 is 5.73 Å². The van der Waals surface area contributed by atoms with Gasteiger partial charge in [-0.3, -0.25) is 0 Å². The Morgan fingerprint density at radius 2 is 2.05 bits per heavy atom. The summed E-state index contributed by atoms with van der Waals surface area (Å²) in [6.07, 6.45) is 0.554. The first-order chi connectivity index (χ1) is 9.54. The van der Waals surface area contributed by atoms with E-state index >= 15 is 0 Å². The summed E-state index contributed by atoms with van der Waals surface area (Å²) in [4.78, 5) is 1.21. The van der Waals surface area contributed by atoms with Crippen LogP contribution < -0.4 is 5.73 Å². The zero-order chi connectivity index (χ0) is 14.5. The first-order valence-corrected chi connectivity index (χ1v) is 8.21. The van der Waals surface area contributed by atoms with E-state index in [4.69, 9.17) is 5.73 Å². The number of halogens is 2. The molecule has 0 radical (unpaired) electrons. The van der Waals surface area contributed by atoms with Gasteiger partial charge in [0.2, 0.25) is 0 Å². The largest absolute Gasteiger partial charge is 0.327 e. The highest BCUT2D eigenvalue weighted by Gasteiger charge is 2.09. The van der Waals surface area contributed by atoms with Crippen molar-refractivity contribution in [2.45, 2.75) is 24.3 Å². The molecule has 0 aliphatic heterocycles. The Labute approximate surface area is 131 Å². The van der Waals surface area contributed by atoms with Gasteiger partial charge in [0.25, 0.3) is 0 Å². The molecule has 20 heavy (non-hydrogen) atoms. The minimum atomic E-state index is -0.199. The van der Waals surface area contributed by atoms with Crippen LogP contribution in [0.2, 0.25) is 0 Å². The Morgan fingerprint density at radius 3 is 2.75 bits per heavy atom. The van der Waals surface area contributed by atoms with Gasteiger partial charge in [-0.2, -0.15) is 0 Å². The summed E-state index contributed by atoms with van der Waals surface area (Å²) >= 11 is 4.97. The van der Waals surface area contributed by atoms with Crippen LogP contribution in [0.4, 0.5) is 4.39 Å². The van der Waals surface area contributed by atoms with E-state index in [2.05, 4.69) is 41.1 Å². The molecule has 0 fully saturated rings. The maximum atomic E-state index is 13.7. The van der Waals surface area contributed by atoms with Crippen LogP contribution >= 0.6 is 27.7 Å². The van der Waals surface area contributed by atoms with Crippen LogP contribution in [-0.4, -0.2) is 11.8 Å². The molecule has 4 heteroatoms. The van der Waals surface area contributed by atoms with Gasteiger partial charge in [-0.1, -0.05) is 39.7 Å². The van der Waals surface area contributed by atoms with E-state index in [9.17, 15) is 4.39 Å². The third kappa shape index (κ3) is 4.62. The summed E-state index contributed by atoms with van der Waals surface area (Å²) in [5, 5.41) is 0. The van der Waals surface area contributed by atoms with Crippen LogP contribution in [0.5, 0.6) is 0 Å². The molecular weight excluding hydrogens is 337 g/mol. The summed E-state index contributed by atoms with van der Waals surface area (Å²) < 4.78 is 14.5. The fraction of sp³-hybridized carbons (Fsp3) is 0.250. The van der Waals surface area contributed by atoms with Crippen molar-refractivity contribution in [1.29, 1.82) is 0 Å². The molecule has 2 aromatic carbocycles. The highest BCUT2D eigenvalue weighted by atomic mass is 79.9. The number of nitrogens with two attached hydrogens (primary N) is 1. The lowest BCUT2D eigenvalue weighted by molar-refractivity contribution is 0.596. The fourth-order valence-electron chi connectivity index (χ4n) is 1.94. The molecule has 1 unspecified atom stereocenters. The lowest BCUT2D eigenvalue weighted by Crippen LogP contribution is -2.26. The van der Waals surface area contributed by atoms with Gasteiger partial charge in [0.1, 0.15) is 5.82 Å². The van der Waals surface area contributed by atoms with Crippen molar-refractivity contribution in [3.8, 4) is 0 Å². The fourth-order valence-corrected chi connectivity index (χ4v) is 3.24. The summed E-state index contributed by atoms with van der Waals surface area (Å²) in [5.41, 5.74) is 8.01. The zero-order valence-electron chi connectivity index (χ0n) is 11.3. The van der Waals surface area contributed by atoms with Crippen LogP contribution in [0.25, 0.3) is 0 Å². The Kier molecular flexibility index (Phi) is 5.64. The molecule has 0 spiro atoms. The SMILES string of the molecule is Cc1cccc(SCC(N)Cc2ccc(Br)cc2F)c1. The monoisotopic (exact) mass is 353 g/mol. The summed E-state index contributed by atoms with van der Waals surface area (Å²) in [6, 6.07) is 13.4. The van der Waals surface area contributed by atoms with Gasteiger partial charge in [0.15, 0.2) is 0 Å². The van der Waals surface area contributed by atoms with Crippen LogP contribution in [0, 0.1) is 12.7 Å². The van der Waals surface area contributed by atoms with Crippen LogP contribution in [0.15, 0.2) is 51.8 Å². The van der Waals surface area contributed by atoms with Crippen LogP contribution in [0.1, 0.15) is 11.1 Å². The zero-order valence-corrected chi connectivity index (χ0v) is 13.7. The minimum absolute atomic E-state index is 0.0591. The molecule has 2 rings (SSSR count). The van der Waals surface area contributed by atoms with E-state index < -0.39 is 0 Å². The van der Waals surface area contributed by atoms with Crippen molar-refractivity contribution < 1.29 is 4.39 Å². The molecule has 2 aromatic rings. The molecule has 0 aliphatic carbocycles. The van der Waals surface area contributed by atoms with Gasteiger partial charge >= 0.3 is 0 Å². The standard InChI is InChI=1S/C16H17BrFNS/c1-11-3-2-4-15(7-11)20-10-14(19)8-12-5-6-13(17)9-16(12)18/h2-7,9,14H,8,10,19H2,1H3. The third-order valence-corrected chi connectivity index (χ3v) is 4.63. The predicted molar refractivity (Wildman–Crippen MR) is 87.7 cm³/mol. The van der Waals surface area contributed by atoms with Crippen LogP contribution in [-0.2, 0) is 6.42 Å². The Balaban J connectivity index is 1.90. The quantitative estimate of drug-likeness (QED) is 0.797. The smallest absolute Gasteiger partial charge is 0.127 e. The van der Waals surface area contributed by atoms with Gasteiger partial charge in [-0.05, 0) is 43.2 Å². The topological polar surface area (TPSA) is 26.0 Å². The highest BCUT2D eigenvalue weighted by Crippen LogP contribution is 2.21. The molecule has 1 atom stereocenters. The molecule has 0 amide bonds.